The van der Waals surface area contributed by atoms with Gasteiger partial charge in [-0.2, -0.15) is 0 Å². The average Bonchev–Trinajstić information content (AvgIpc) is 2.94. The lowest BCUT2D eigenvalue weighted by molar-refractivity contribution is 0.355. The number of halogens is 1. The molecule has 0 saturated carbocycles. The number of rotatable bonds is 4. The second kappa shape index (κ2) is 4.99. The van der Waals surface area contributed by atoms with E-state index >= 15 is 0 Å². The Morgan fingerprint density at radius 2 is 2.00 bits per heavy atom. The third kappa shape index (κ3) is 1.85. The van der Waals surface area contributed by atoms with Crippen molar-refractivity contribution in [1.29, 1.82) is 0 Å². The molecule has 106 valence electrons. The van der Waals surface area contributed by atoms with E-state index in [1.807, 2.05) is 23.6 Å². The van der Waals surface area contributed by atoms with E-state index in [1.54, 1.807) is 14.2 Å². The molecule has 1 aromatic carbocycles. The Morgan fingerprint density at radius 3 is 2.65 bits per heavy atom. The Balaban J connectivity index is 2.30. The predicted octanol–water partition coefficient (Wildman–Crippen LogP) is 2.31. The van der Waals surface area contributed by atoms with Crippen LogP contribution >= 0.6 is 15.9 Å². The van der Waals surface area contributed by atoms with Crippen LogP contribution in [-0.4, -0.2) is 35.6 Å². The average molecular weight is 339 g/mol. The van der Waals surface area contributed by atoms with Gasteiger partial charge in [0.25, 0.3) is 0 Å². The fourth-order valence-electron chi connectivity index (χ4n) is 2.30. The van der Waals surface area contributed by atoms with Crippen molar-refractivity contribution in [3.63, 3.8) is 0 Å². The molecule has 0 aliphatic carbocycles. The molecular weight excluding hydrogens is 324 g/mol. The lowest BCUT2D eigenvalue weighted by Gasteiger charge is -2.07. The first kappa shape index (κ1) is 13.3. The van der Waals surface area contributed by atoms with E-state index in [0.717, 1.165) is 33.7 Å². The number of ether oxygens (including phenoxy) is 2. The van der Waals surface area contributed by atoms with Gasteiger partial charge in [0.1, 0.15) is 4.60 Å². The van der Waals surface area contributed by atoms with Crippen LogP contribution in [0.25, 0.3) is 16.8 Å². The highest BCUT2D eigenvalue weighted by Crippen LogP contribution is 2.34. The summed E-state index contributed by atoms with van der Waals surface area (Å²) in [7, 11) is 5.15. The van der Waals surface area contributed by atoms with Gasteiger partial charge in [-0.05, 0) is 23.0 Å². The van der Waals surface area contributed by atoms with E-state index in [1.165, 1.54) is 0 Å². The first-order chi connectivity index (χ1) is 9.69. The fourth-order valence-corrected chi connectivity index (χ4v) is 2.90. The predicted molar refractivity (Wildman–Crippen MR) is 80.6 cm³/mol. The van der Waals surface area contributed by atoms with Crippen molar-refractivity contribution in [2.45, 2.75) is 6.54 Å². The number of nitrogens with one attached hydrogen (secondary N) is 2. The number of imidazole rings is 2. The molecule has 0 saturated heterocycles. The Kier molecular flexibility index (Phi) is 3.31. The second-order valence-corrected chi connectivity index (χ2v) is 5.14. The zero-order valence-electron chi connectivity index (χ0n) is 11.5. The maximum Gasteiger partial charge on any atom is 0.213 e. The molecule has 0 amide bonds. The number of hydrogen-bond acceptors (Lipinski definition) is 4. The SMILES string of the molecule is CNCc1[nH]c2nc3cc(OC)c(OC)cc3n2c1Br. The van der Waals surface area contributed by atoms with Crippen molar-refractivity contribution in [3.05, 3.63) is 22.4 Å². The van der Waals surface area contributed by atoms with Gasteiger partial charge in [0.15, 0.2) is 11.5 Å². The van der Waals surface area contributed by atoms with Gasteiger partial charge < -0.3 is 19.8 Å². The minimum absolute atomic E-state index is 0.673. The number of nitrogens with zero attached hydrogens (tertiary/aromatic N) is 2. The fraction of sp³-hybridized carbons (Fsp3) is 0.308. The standard InChI is InChI=1S/C13H15BrN4O2/c1-15-6-8-12(14)18-9-5-11(20-3)10(19-2)4-7(9)16-13(18)17-8/h4-5,15H,6H2,1-3H3,(H,16,17). The molecule has 7 heteroatoms. The van der Waals surface area contributed by atoms with E-state index < -0.39 is 0 Å². The third-order valence-corrected chi connectivity index (χ3v) is 4.05. The number of hydrogen-bond donors (Lipinski definition) is 2. The summed E-state index contributed by atoms with van der Waals surface area (Å²) in [5, 5.41) is 3.12. The summed E-state index contributed by atoms with van der Waals surface area (Å²) in [6, 6.07) is 3.80. The number of aromatic amines is 1. The van der Waals surface area contributed by atoms with Crippen LogP contribution in [0.15, 0.2) is 16.7 Å². The third-order valence-electron chi connectivity index (χ3n) is 3.22. The van der Waals surface area contributed by atoms with Crippen LogP contribution in [0.2, 0.25) is 0 Å². The van der Waals surface area contributed by atoms with Gasteiger partial charge in [-0.1, -0.05) is 0 Å². The minimum atomic E-state index is 0.673. The van der Waals surface area contributed by atoms with Gasteiger partial charge in [0.05, 0.1) is 30.9 Å². The van der Waals surface area contributed by atoms with Gasteiger partial charge in [-0.25, -0.2) is 4.98 Å². The Labute approximate surface area is 124 Å². The summed E-state index contributed by atoms with van der Waals surface area (Å²) in [6.45, 7) is 0.735. The minimum Gasteiger partial charge on any atom is -0.493 e. The smallest absolute Gasteiger partial charge is 0.213 e. The maximum atomic E-state index is 5.35. The molecule has 0 fully saturated rings. The van der Waals surface area contributed by atoms with Crippen molar-refractivity contribution in [3.8, 4) is 11.5 Å². The molecule has 20 heavy (non-hydrogen) atoms. The van der Waals surface area contributed by atoms with Crippen LogP contribution in [-0.2, 0) is 6.54 Å². The number of benzene rings is 1. The molecule has 2 N–H and O–H groups in total. The Morgan fingerprint density at radius 1 is 1.30 bits per heavy atom. The molecule has 0 aliphatic heterocycles. The summed E-state index contributed by atoms with van der Waals surface area (Å²) < 4.78 is 13.6. The highest BCUT2D eigenvalue weighted by molar-refractivity contribution is 9.10. The zero-order chi connectivity index (χ0) is 14.3. The Bertz CT molecular complexity index is 778. The first-order valence-electron chi connectivity index (χ1n) is 6.14. The van der Waals surface area contributed by atoms with Gasteiger partial charge in [-0.15, -0.1) is 0 Å². The summed E-state index contributed by atoms with van der Waals surface area (Å²) in [5.41, 5.74) is 2.86. The van der Waals surface area contributed by atoms with Gasteiger partial charge in [-0.3, -0.25) is 4.40 Å². The van der Waals surface area contributed by atoms with Crippen molar-refractivity contribution in [2.75, 3.05) is 21.3 Å². The molecular formula is C13H15BrN4O2. The normalized spacial score (nSPS) is 11.4. The van der Waals surface area contributed by atoms with Crippen molar-refractivity contribution in [2.24, 2.45) is 0 Å². The lowest BCUT2D eigenvalue weighted by Crippen LogP contribution is -2.05. The van der Waals surface area contributed by atoms with Crippen molar-refractivity contribution < 1.29 is 9.47 Å². The molecule has 2 heterocycles. The molecule has 0 unspecified atom stereocenters. The molecule has 0 aliphatic rings. The summed E-state index contributed by atoms with van der Waals surface area (Å²) in [5.74, 6) is 2.14. The van der Waals surface area contributed by atoms with Crippen LogP contribution < -0.4 is 14.8 Å². The number of methoxy groups -OCH3 is 2. The van der Waals surface area contributed by atoms with Gasteiger partial charge >= 0.3 is 0 Å². The first-order valence-corrected chi connectivity index (χ1v) is 6.94. The molecule has 0 radical (unpaired) electrons. The molecule has 3 aromatic rings. The molecule has 6 nitrogen and oxygen atoms in total. The summed E-state index contributed by atoms with van der Waals surface area (Å²) in [4.78, 5) is 7.87. The summed E-state index contributed by atoms with van der Waals surface area (Å²) in [6.07, 6.45) is 0. The maximum absolute atomic E-state index is 5.35. The van der Waals surface area contributed by atoms with Gasteiger partial charge in [0, 0.05) is 18.7 Å². The van der Waals surface area contributed by atoms with E-state index in [2.05, 4.69) is 31.2 Å². The molecule has 3 rings (SSSR count). The van der Waals surface area contributed by atoms with Crippen LogP contribution in [0.5, 0.6) is 11.5 Å². The molecule has 0 bridgehead atoms. The van der Waals surface area contributed by atoms with Crippen LogP contribution in [0, 0.1) is 0 Å². The zero-order valence-corrected chi connectivity index (χ0v) is 13.0. The number of fused-ring (bicyclic) bond motifs is 3. The van der Waals surface area contributed by atoms with Crippen LogP contribution in [0.3, 0.4) is 0 Å². The topological polar surface area (TPSA) is 63.6 Å². The number of H-pyrrole nitrogens is 1. The monoisotopic (exact) mass is 338 g/mol. The van der Waals surface area contributed by atoms with E-state index in [-0.39, 0.29) is 0 Å². The highest BCUT2D eigenvalue weighted by atomic mass is 79.9. The van der Waals surface area contributed by atoms with Gasteiger partial charge in [0.2, 0.25) is 5.78 Å². The quantitative estimate of drug-likeness (QED) is 0.766. The van der Waals surface area contributed by atoms with Crippen LogP contribution in [0.1, 0.15) is 5.69 Å². The summed E-state index contributed by atoms with van der Waals surface area (Å²) >= 11 is 3.61. The lowest BCUT2D eigenvalue weighted by atomic mass is 10.2. The highest BCUT2D eigenvalue weighted by Gasteiger charge is 2.16. The molecule has 0 spiro atoms. The second-order valence-electron chi connectivity index (χ2n) is 4.39. The van der Waals surface area contributed by atoms with Crippen molar-refractivity contribution >= 4 is 32.7 Å². The molecule has 2 aromatic heterocycles. The van der Waals surface area contributed by atoms with Crippen LogP contribution in [0.4, 0.5) is 0 Å². The van der Waals surface area contributed by atoms with E-state index in [4.69, 9.17) is 9.47 Å². The number of aromatic nitrogens is 3. The van der Waals surface area contributed by atoms with E-state index in [9.17, 15) is 0 Å². The molecule has 0 atom stereocenters. The van der Waals surface area contributed by atoms with Crippen molar-refractivity contribution in [1.82, 2.24) is 19.7 Å². The Hall–Kier alpha value is -1.73. The largest absolute Gasteiger partial charge is 0.493 e. The van der Waals surface area contributed by atoms with E-state index in [0.29, 0.717) is 11.5 Å².